The third kappa shape index (κ3) is 1.37. The Bertz CT molecular complexity index is 66.8. The second-order valence-corrected chi connectivity index (χ2v) is 3.07. The van der Waals surface area contributed by atoms with E-state index < -0.39 is 0 Å². The third-order valence-corrected chi connectivity index (χ3v) is 2.36. The average molecular weight is 132 g/mol. The van der Waals surface area contributed by atoms with E-state index in [1.165, 1.54) is 12.2 Å². The Balaban J connectivity index is 2.28. The molecule has 0 aromatic heterocycles. The quantitative estimate of drug-likeness (QED) is 0.492. The molecule has 0 spiro atoms. The molecule has 0 saturated carbocycles. The minimum atomic E-state index is 0.705. The van der Waals surface area contributed by atoms with E-state index in [0.29, 0.717) is 6.04 Å². The standard InChI is InChI=1S/C5H12N2S/c1-5-3-4-8-6-7(5)2/h5-6H,3-4H2,1-2H3. The van der Waals surface area contributed by atoms with Crippen molar-refractivity contribution >= 4 is 11.9 Å². The van der Waals surface area contributed by atoms with Crippen molar-refractivity contribution in [3.8, 4) is 0 Å². The van der Waals surface area contributed by atoms with Crippen LogP contribution >= 0.6 is 11.9 Å². The van der Waals surface area contributed by atoms with Gasteiger partial charge in [0.15, 0.2) is 0 Å². The van der Waals surface area contributed by atoms with Gasteiger partial charge in [-0.2, -0.15) is 4.83 Å². The highest BCUT2D eigenvalue weighted by atomic mass is 32.2. The van der Waals surface area contributed by atoms with E-state index in [1.807, 2.05) is 0 Å². The molecular formula is C5H12N2S. The lowest BCUT2D eigenvalue weighted by molar-refractivity contribution is 0.220. The van der Waals surface area contributed by atoms with Gasteiger partial charge in [0, 0.05) is 18.8 Å². The summed E-state index contributed by atoms with van der Waals surface area (Å²) in [6, 6.07) is 0.705. The maximum atomic E-state index is 3.18. The monoisotopic (exact) mass is 132 g/mol. The number of nitrogens with one attached hydrogen (secondary N) is 1. The van der Waals surface area contributed by atoms with Gasteiger partial charge in [0.05, 0.1) is 0 Å². The molecule has 1 unspecified atom stereocenters. The SMILES string of the molecule is CC1CCSNN1C. The molecule has 0 aromatic rings. The van der Waals surface area contributed by atoms with Gasteiger partial charge in [-0.05, 0) is 13.3 Å². The second kappa shape index (κ2) is 2.71. The Morgan fingerprint density at radius 3 is 2.88 bits per heavy atom. The van der Waals surface area contributed by atoms with Crippen LogP contribution in [0.5, 0.6) is 0 Å². The molecule has 0 aromatic carbocycles. The van der Waals surface area contributed by atoms with Crippen LogP contribution in [0.1, 0.15) is 13.3 Å². The number of rotatable bonds is 0. The molecule has 1 fully saturated rings. The first kappa shape index (κ1) is 6.39. The lowest BCUT2D eigenvalue weighted by Gasteiger charge is -2.29. The zero-order valence-corrected chi connectivity index (χ0v) is 6.16. The molecule has 1 saturated heterocycles. The maximum Gasteiger partial charge on any atom is 0.0229 e. The van der Waals surface area contributed by atoms with Crippen molar-refractivity contribution in [2.45, 2.75) is 19.4 Å². The molecule has 1 aliphatic rings. The highest BCUT2D eigenvalue weighted by Gasteiger charge is 2.12. The molecule has 0 amide bonds. The Morgan fingerprint density at radius 1 is 1.75 bits per heavy atom. The highest BCUT2D eigenvalue weighted by molar-refractivity contribution is 7.97. The van der Waals surface area contributed by atoms with Crippen LogP contribution < -0.4 is 4.83 Å². The molecular weight excluding hydrogens is 120 g/mol. The van der Waals surface area contributed by atoms with Crippen molar-refractivity contribution < 1.29 is 0 Å². The largest absolute Gasteiger partial charge is 0.235 e. The van der Waals surface area contributed by atoms with Crippen LogP contribution in [0.4, 0.5) is 0 Å². The third-order valence-electron chi connectivity index (χ3n) is 1.51. The van der Waals surface area contributed by atoms with Gasteiger partial charge in [0.25, 0.3) is 0 Å². The number of hydrogen-bond donors (Lipinski definition) is 1. The Hall–Kier alpha value is 0.270. The van der Waals surface area contributed by atoms with Crippen LogP contribution in [0.2, 0.25) is 0 Å². The Kier molecular flexibility index (Phi) is 2.16. The number of nitrogens with zero attached hydrogens (tertiary/aromatic N) is 1. The van der Waals surface area contributed by atoms with Crippen molar-refractivity contribution in [1.82, 2.24) is 9.84 Å². The van der Waals surface area contributed by atoms with Crippen molar-refractivity contribution in [2.24, 2.45) is 0 Å². The zero-order valence-electron chi connectivity index (χ0n) is 5.35. The molecule has 0 aliphatic carbocycles. The minimum Gasteiger partial charge on any atom is -0.235 e. The smallest absolute Gasteiger partial charge is 0.0229 e. The van der Waals surface area contributed by atoms with Crippen LogP contribution in [0.25, 0.3) is 0 Å². The molecule has 48 valence electrons. The fourth-order valence-corrected chi connectivity index (χ4v) is 1.59. The number of hydrazine groups is 1. The summed E-state index contributed by atoms with van der Waals surface area (Å²) in [7, 11) is 2.08. The van der Waals surface area contributed by atoms with E-state index in [4.69, 9.17) is 0 Å². The van der Waals surface area contributed by atoms with Gasteiger partial charge in [-0.15, -0.1) is 0 Å². The molecule has 0 bridgehead atoms. The molecule has 8 heavy (non-hydrogen) atoms. The lowest BCUT2D eigenvalue weighted by Crippen LogP contribution is -2.41. The summed E-state index contributed by atoms with van der Waals surface area (Å²) in [5.74, 6) is 1.24. The van der Waals surface area contributed by atoms with Crippen LogP contribution in [-0.4, -0.2) is 23.9 Å². The van der Waals surface area contributed by atoms with Gasteiger partial charge < -0.3 is 0 Å². The van der Waals surface area contributed by atoms with E-state index >= 15 is 0 Å². The lowest BCUT2D eigenvalue weighted by atomic mass is 10.2. The summed E-state index contributed by atoms with van der Waals surface area (Å²) in [6.07, 6.45) is 1.30. The van der Waals surface area contributed by atoms with E-state index in [9.17, 15) is 0 Å². The molecule has 1 N–H and O–H groups in total. The first-order valence-corrected chi connectivity index (χ1v) is 3.89. The van der Waals surface area contributed by atoms with Gasteiger partial charge in [-0.1, -0.05) is 11.9 Å². The minimum absolute atomic E-state index is 0.705. The predicted molar refractivity (Wildman–Crippen MR) is 37.4 cm³/mol. The summed E-state index contributed by atoms with van der Waals surface area (Å²) in [4.78, 5) is 3.18. The summed E-state index contributed by atoms with van der Waals surface area (Å²) in [5.41, 5.74) is 0. The van der Waals surface area contributed by atoms with E-state index in [2.05, 4.69) is 23.8 Å². The van der Waals surface area contributed by atoms with Gasteiger partial charge in [0.2, 0.25) is 0 Å². The van der Waals surface area contributed by atoms with Crippen molar-refractivity contribution in [2.75, 3.05) is 12.8 Å². The van der Waals surface area contributed by atoms with Crippen molar-refractivity contribution in [1.29, 1.82) is 0 Å². The second-order valence-electron chi connectivity index (χ2n) is 2.19. The number of hydrogen-bond acceptors (Lipinski definition) is 3. The Morgan fingerprint density at radius 2 is 2.50 bits per heavy atom. The van der Waals surface area contributed by atoms with Crippen molar-refractivity contribution in [3.63, 3.8) is 0 Å². The molecule has 1 atom stereocenters. The molecule has 2 nitrogen and oxygen atoms in total. The fraction of sp³-hybridized carbons (Fsp3) is 1.00. The van der Waals surface area contributed by atoms with Gasteiger partial charge in [-0.25, -0.2) is 5.01 Å². The van der Waals surface area contributed by atoms with Gasteiger partial charge >= 0.3 is 0 Å². The normalized spacial score (nSPS) is 33.0. The van der Waals surface area contributed by atoms with Crippen LogP contribution in [0, 0.1) is 0 Å². The van der Waals surface area contributed by atoms with Crippen LogP contribution in [0.3, 0.4) is 0 Å². The molecule has 0 radical (unpaired) electrons. The molecule has 1 rings (SSSR count). The molecule has 1 aliphatic heterocycles. The summed E-state index contributed by atoms with van der Waals surface area (Å²) < 4.78 is 0. The first-order valence-electron chi connectivity index (χ1n) is 2.91. The predicted octanol–water partition coefficient (Wildman–Crippen LogP) is 0.863. The van der Waals surface area contributed by atoms with Gasteiger partial charge in [0.1, 0.15) is 0 Å². The summed E-state index contributed by atoms with van der Waals surface area (Å²) in [6.45, 7) is 2.23. The zero-order chi connectivity index (χ0) is 5.98. The van der Waals surface area contributed by atoms with Crippen LogP contribution in [0.15, 0.2) is 0 Å². The molecule has 1 heterocycles. The first-order chi connectivity index (χ1) is 3.80. The fourth-order valence-electron chi connectivity index (χ4n) is 0.661. The topological polar surface area (TPSA) is 15.3 Å². The Labute approximate surface area is 54.7 Å². The maximum absolute atomic E-state index is 3.18. The van der Waals surface area contributed by atoms with E-state index in [0.717, 1.165) is 0 Å². The highest BCUT2D eigenvalue weighted by Crippen LogP contribution is 2.11. The van der Waals surface area contributed by atoms with E-state index in [-0.39, 0.29) is 0 Å². The summed E-state index contributed by atoms with van der Waals surface area (Å²) in [5, 5.41) is 2.15. The summed E-state index contributed by atoms with van der Waals surface area (Å²) >= 11 is 1.78. The van der Waals surface area contributed by atoms with Crippen LogP contribution in [-0.2, 0) is 0 Å². The van der Waals surface area contributed by atoms with E-state index in [1.54, 1.807) is 11.9 Å². The van der Waals surface area contributed by atoms with Gasteiger partial charge in [-0.3, -0.25) is 0 Å². The average Bonchev–Trinajstić information content (AvgIpc) is 1.77. The molecule has 3 heteroatoms. The van der Waals surface area contributed by atoms with Crippen molar-refractivity contribution in [3.05, 3.63) is 0 Å².